The Labute approximate surface area is 184 Å². The van der Waals surface area contributed by atoms with Gasteiger partial charge in [-0.15, -0.1) is 0 Å². The van der Waals surface area contributed by atoms with Gasteiger partial charge in [0.15, 0.2) is 5.11 Å². The number of rotatable bonds is 5. The van der Waals surface area contributed by atoms with Crippen molar-refractivity contribution in [3.8, 4) is 5.69 Å². The molecule has 2 atom stereocenters. The largest absolute Gasteiger partial charge is 0.352 e. The standard InChI is InChI=1S/C25H30N4S/c1-6-14-28-24(23(27-25(28)30)21-11-7-8-13-26-21)20-15-17(3)29(19(20)5)22-12-9-10-16(2)18(22)4/h7-13,15,23-24H,6,14H2,1-5H3,(H,27,30)/t23-,24-/m1/s1. The molecule has 0 spiro atoms. The van der Waals surface area contributed by atoms with Gasteiger partial charge >= 0.3 is 0 Å². The fourth-order valence-electron chi connectivity index (χ4n) is 4.66. The van der Waals surface area contributed by atoms with Crippen LogP contribution in [0, 0.1) is 27.7 Å². The fourth-order valence-corrected chi connectivity index (χ4v) is 4.99. The second kappa shape index (κ2) is 8.23. The Morgan fingerprint density at radius 2 is 1.87 bits per heavy atom. The molecule has 30 heavy (non-hydrogen) atoms. The van der Waals surface area contributed by atoms with Gasteiger partial charge in [-0.05, 0) is 87.3 Å². The summed E-state index contributed by atoms with van der Waals surface area (Å²) in [5, 5.41) is 4.37. The summed E-state index contributed by atoms with van der Waals surface area (Å²) in [6, 6.07) is 15.1. The molecule has 0 unspecified atom stereocenters. The summed E-state index contributed by atoms with van der Waals surface area (Å²) in [5.41, 5.74) is 8.72. The van der Waals surface area contributed by atoms with E-state index in [0.717, 1.165) is 23.8 Å². The molecule has 1 N–H and O–H groups in total. The summed E-state index contributed by atoms with van der Waals surface area (Å²) < 4.78 is 2.39. The molecule has 1 saturated heterocycles. The van der Waals surface area contributed by atoms with Crippen LogP contribution in [-0.4, -0.2) is 26.1 Å². The minimum absolute atomic E-state index is 0.0396. The summed E-state index contributed by atoms with van der Waals surface area (Å²) in [6.07, 6.45) is 2.90. The molecule has 0 amide bonds. The minimum Gasteiger partial charge on any atom is -0.352 e. The van der Waals surface area contributed by atoms with Crippen molar-refractivity contribution in [1.82, 2.24) is 19.8 Å². The average molecular weight is 419 g/mol. The van der Waals surface area contributed by atoms with Crippen molar-refractivity contribution in [3.05, 3.63) is 82.4 Å². The first kappa shape index (κ1) is 20.6. The Bertz CT molecular complexity index is 1070. The molecule has 0 radical (unpaired) electrons. The van der Waals surface area contributed by atoms with Crippen LogP contribution in [0.15, 0.2) is 48.7 Å². The van der Waals surface area contributed by atoms with Crippen LogP contribution in [0.2, 0.25) is 0 Å². The molecule has 4 nitrogen and oxygen atoms in total. The van der Waals surface area contributed by atoms with Crippen LogP contribution in [0.1, 0.15) is 59.2 Å². The first-order valence-electron chi connectivity index (χ1n) is 10.7. The average Bonchev–Trinajstić information content (AvgIpc) is 3.21. The van der Waals surface area contributed by atoms with Gasteiger partial charge in [0, 0.05) is 29.8 Å². The Morgan fingerprint density at radius 1 is 1.07 bits per heavy atom. The van der Waals surface area contributed by atoms with Gasteiger partial charge in [-0.1, -0.05) is 25.1 Å². The SMILES string of the molecule is CCCN1C(=S)N[C@H](c2ccccn2)[C@H]1c1cc(C)n(-c2cccc(C)c2C)c1C. The number of aromatic nitrogens is 2. The van der Waals surface area contributed by atoms with Crippen molar-refractivity contribution < 1.29 is 0 Å². The molecule has 1 aliphatic heterocycles. The van der Waals surface area contributed by atoms with Gasteiger partial charge in [0.25, 0.3) is 0 Å². The van der Waals surface area contributed by atoms with Crippen LogP contribution >= 0.6 is 12.2 Å². The Kier molecular flexibility index (Phi) is 5.65. The molecule has 0 bridgehead atoms. The Morgan fingerprint density at radius 3 is 2.57 bits per heavy atom. The second-order valence-corrected chi connectivity index (χ2v) is 8.59. The number of pyridine rings is 1. The highest BCUT2D eigenvalue weighted by atomic mass is 32.1. The molecule has 4 rings (SSSR count). The lowest BCUT2D eigenvalue weighted by Gasteiger charge is -2.28. The first-order chi connectivity index (χ1) is 14.4. The van der Waals surface area contributed by atoms with Gasteiger partial charge in [-0.3, -0.25) is 4.98 Å². The van der Waals surface area contributed by atoms with E-state index in [1.807, 2.05) is 18.3 Å². The van der Waals surface area contributed by atoms with Gasteiger partial charge < -0.3 is 14.8 Å². The molecule has 156 valence electrons. The van der Waals surface area contributed by atoms with Crippen molar-refractivity contribution in [1.29, 1.82) is 0 Å². The van der Waals surface area contributed by atoms with Crippen LogP contribution in [0.5, 0.6) is 0 Å². The third kappa shape index (κ3) is 3.41. The lowest BCUT2D eigenvalue weighted by molar-refractivity contribution is 0.316. The number of nitrogens with zero attached hydrogens (tertiary/aromatic N) is 3. The van der Waals surface area contributed by atoms with Crippen molar-refractivity contribution in [3.63, 3.8) is 0 Å². The van der Waals surface area contributed by atoms with Gasteiger partial charge in [0.1, 0.15) is 0 Å². The van der Waals surface area contributed by atoms with E-state index in [4.69, 9.17) is 12.2 Å². The molecule has 1 fully saturated rings. The van der Waals surface area contributed by atoms with Crippen LogP contribution in [0.25, 0.3) is 5.69 Å². The summed E-state index contributed by atoms with van der Waals surface area (Å²) in [6.45, 7) is 11.9. The number of aryl methyl sites for hydroxylation is 2. The predicted molar refractivity (Wildman–Crippen MR) is 127 cm³/mol. The Balaban J connectivity index is 1.86. The number of nitrogens with one attached hydrogen (secondary N) is 1. The monoisotopic (exact) mass is 418 g/mol. The van der Waals surface area contributed by atoms with E-state index < -0.39 is 0 Å². The summed E-state index contributed by atoms with van der Waals surface area (Å²) in [4.78, 5) is 6.99. The number of benzene rings is 1. The molecule has 2 aromatic heterocycles. The minimum atomic E-state index is 0.0396. The number of hydrogen-bond acceptors (Lipinski definition) is 2. The summed E-state index contributed by atoms with van der Waals surface area (Å²) >= 11 is 5.75. The van der Waals surface area contributed by atoms with Gasteiger partial charge in [-0.25, -0.2) is 0 Å². The number of thiocarbonyl (C=S) groups is 1. The number of hydrogen-bond donors (Lipinski definition) is 1. The van der Waals surface area contributed by atoms with Crippen molar-refractivity contribution in [2.45, 2.75) is 53.1 Å². The first-order valence-corrected chi connectivity index (χ1v) is 11.1. The fraction of sp³-hybridized carbons (Fsp3) is 0.360. The highest BCUT2D eigenvalue weighted by Crippen LogP contribution is 2.41. The summed E-state index contributed by atoms with van der Waals surface area (Å²) in [7, 11) is 0. The van der Waals surface area contributed by atoms with E-state index >= 15 is 0 Å². The van der Waals surface area contributed by atoms with Crippen LogP contribution in [0.4, 0.5) is 0 Å². The molecule has 5 heteroatoms. The van der Waals surface area contributed by atoms with E-state index in [-0.39, 0.29) is 12.1 Å². The van der Waals surface area contributed by atoms with Gasteiger partial charge in [0.2, 0.25) is 0 Å². The zero-order valence-electron chi connectivity index (χ0n) is 18.4. The van der Waals surface area contributed by atoms with E-state index in [1.54, 1.807) is 0 Å². The zero-order chi connectivity index (χ0) is 21.4. The lowest BCUT2D eigenvalue weighted by Crippen LogP contribution is -2.30. The maximum absolute atomic E-state index is 5.75. The molecular weight excluding hydrogens is 388 g/mol. The van der Waals surface area contributed by atoms with E-state index in [0.29, 0.717) is 0 Å². The lowest BCUT2D eigenvalue weighted by atomic mass is 9.96. The van der Waals surface area contributed by atoms with Gasteiger partial charge in [0.05, 0.1) is 17.8 Å². The zero-order valence-corrected chi connectivity index (χ0v) is 19.3. The highest BCUT2D eigenvalue weighted by Gasteiger charge is 2.41. The molecule has 3 heterocycles. The maximum atomic E-state index is 5.75. The summed E-state index contributed by atoms with van der Waals surface area (Å²) in [5.74, 6) is 0. The smallest absolute Gasteiger partial charge is 0.170 e. The molecule has 1 aromatic carbocycles. The van der Waals surface area contributed by atoms with Crippen LogP contribution in [-0.2, 0) is 0 Å². The molecule has 0 aliphatic carbocycles. The molecule has 1 aliphatic rings. The molecule has 3 aromatic rings. The maximum Gasteiger partial charge on any atom is 0.170 e. The molecular formula is C25H30N4S. The van der Waals surface area contributed by atoms with E-state index in [2.05, 4.69) is 84.7 Å². The Hall–Kier alpha value is -2.66. The van der Waals surface area contributed by atoms with E-state index in [1.165, 1.54) is 33.8 Å². The normalized spacial score (nSPS) is 18.7. The van der Waals surface area contributed by atoms with Gasteiger partial charge in [-0.2, -0.15) is 0 Å². The van der Waals surface area contributed by atoms with Crippen LogP contribution in [0.3, 0.4) is 0 Å². The van der Waals surface area contributed by atoms with Crippen molar-refractivity contribution in [2.24, 2.45) is 0 Å². The highest BCUT2D eigenvalue weighted by molar-refractivity contribution is 7.80. The topological polar surface area (TPSA) is 33.1 Å². The quantitative estimate of drug-likeness (QED) is 0.556. The van der Waals surface area contributed by atoms with E-state index in [9.17, 15) is 0 Å². The van der Waals surface area contributed by atoms with Crippen molar-refractivity contribution >= 4 is 17.3 Å². The van der Waals surface area contributed by atoms with Crippen LogP contribution < -0.4 is 5.32 Å². The third-order valence-corrected chi connectivity index (χ3v) is 6.62. The van der Waals surface area contributed by atoms with Crippen molar-refractivity contribution in [2.75, 3.05) is 6.54 Å². The molecule has 0 saturated carbocycles. The predicted octanol–water partition coefficient (Wildman–Crippen LogP) is 5.49. The second-order valence-electron chi connectivity index (χ2n) is 8.20. The third-order valence-electron chi connectivity index (χ3n) is 6.27.